The molecule has 1 fully saturated rings. The lowest BCUT2D eigenvalue weighted by atomic mass is 9.56. The van der Waals surface area contributed by atoms with Crippen molar-refractivity contribution in [3.05, 3.63) is 148 Å². The Morgan fingerprint density at radius 1 is 0.519 bits per heavy atom. The Morgan fingerprint density at radius 3 is 1.35 bits per heavy atom. The molecule has 252 valence electrons. The maximum absolute atomic E-state index is 10.7. The molecule has 0 amide bonds. The van der Waals surface area contributed by atoms with Crippen LogP contribution in [0.15, 0.2) is 125 Å². The van der Waals surface area contributed by atoms with Crippen molar-refractivity contribution in [2.45, 2.75) is 5.41 Å². The topological polar surface area (TPSA) is 132 Å². The fraction of sp³-hybridized carbons (Fsp3) is 0.182. The summed E-state index contributed by atoms with van der Waals surface area (Å²) in [5.74, 6) is 1.03. The molecule has 0 aromatic heterocycles. The molecule has 8 heteroatoms. The lowest BCUT2D eigenvalue weighted by Crippen LogP contribution is -2.40. The lowest BCUT2D eigenvalue weighted by molar-refractivity contribution is 0.395. The molecule has 4 atom stereocenters. The van der Waals surface area contributed by atoms with Gasteiger partial charge in [-0.15, -0.1) is 0 Å². The molecule has 1 saturated carbocycles. The van der Waals surface area contributed by atoms with Crippen molar-refractivity contribution in [2.75, 3.05) is 28.4 Å². The number of allylic oxidation sites excluding steroid dienone is 8. The van der Waals surface area contributed by atoms with Crippen molar-refractivity contribution in [3.8, 4) is 47.3 Å². The van der Waals surface area contributed by atoms with Crippen LogP contribution in [0.4, 0.5) is 0 Å². The number of methoxy groups -OCH3 is 4. The average molecular weight is 681 g/mol. The molecule has 0 radical (unpaired) electrons. The summed E-state index contributed by atoms with van der Waals surface area (Å²) < 4.78 is 22.1. The van der Waals surface area contributed by atoms with Crippen LogP contribution in [0, 0.1) is 63.1 Å². The van der Waals surface area contributed by atoms with Crippen molar-refractivity contribution in [2.24, 2.45) is 17.8 Å². The number of benzene rings is 4. The Kier molecular flexibility index (Phi) is 8.61. The molecule has 0 aliphatic heterocycles. The summed E-state index contributed by atoms with van der Waals surface area (Å²) in [5, 5.41) is 42.2. The third-order valence-electron chi connectivity index (χ3n) is 10.7. The molecular weight excluding hydrogens is 649 g/mol. The van der Waals surface area contributed by atoms with E-state index in [4.69, 9.17) is 18.9 Å². The fourth-order valence-corrected chi connectivity index (χ4v) is 8.68. The number of rotatable bonds is 8. The van der Waals surface area contributed by atoms with E-state index < -0.39 is 23.2 Å². The predicted octanol–water partition coefficient (Wildman–Crippen LogP) is 8.23. The smallest absolute Gasteiger partial charge is 0.133 e. The van der Waals surface area contributed by atoms with Crippen LogP contribution in [0.3, 0.4) is 0 Å². The van der Waals surface area contributed by atoms with Gasteiger partial charge in [0.2, 0.25) is 0 Å². The van der Waals surface area contributed by atoms with Crippen molar-refractivity contribution in [1.82, 2.24) is 0 Å². The molecule has 3 aliphatic rings. The number of hydrogen-bond acceptors (Lipinski definition) is 8. The summed E-state index contributed by atoms with van der Waals surface area (Å²) in [7, 11) is 6.44. The monoisotopic (exact) mass is 680 g/mol. The first-order valence-electron chi connectivity index (χ1n) is 16.6. The van der Waals surface area contributed by atoms with Gasteiger partial charge in [-0.2, -0.15) is 21.0 Å². The zero-order valence-electron chi connectivity index (χ0n) is 29.0. The molecule has 2 bridgehead atoms. The van der Waals surface area contributed by atoms with E-state index in [-0.39, 0.29) is 11.1 Å². The highest BCUT2D eigenvalue weighted by atomic mass is 16.5. The van der Waals surface area contributed by atoms with Crippen LogP contribution in [0.2, 0.25) is 0 Å². The Balaban J connectivity index is 1.69. The highest BCUT2D eigenvalue weighted by Crippen LogP contribution is 2.77. The molecule has 7 rings (SSSR count). The predicted molar refractivity (Wildman–Crippen MR) is 195 cm³/mol. The van der Waals surface area contributed by atoms with Gasteiger partial charge in [-0.3, -0.25) is 0 Å². The van der Waals surface area contributed by atoms with Crippen molar-refractivity contribution in [3.63, 3.8) is 0 Å². The molecule has 52 heavy (non-hydrogen) atoms. The van der Waals surface area contributed by atoms with Crippen LogP contribution in [0.5, 0.6) is 23.0 Å². The van der Waals surface area contributed by atoms with Crippen LogP contribution >= 0.6 is 0 Å². The summed E-state index contributed by atoms with van der Waals surface area (Å²) in [5.41, 5.74) is 6.49. The summed E-state index contributed by atoms with van der Waals surface area (Å²) in [6.45, 7) is 0. The normalized spacial score (nSPS) is 20.8. The first-order chi connectivity index (χ1) is 25.4. The van der Waals surface area contributed by atoms with Crippen LogP contribution in [-0.4, -0.2) is 28.4 Å². The van der Waals surface area contributed by atoms with E-state index in [1.54, 1.807) is 28.4 Å². The minimum Gasteiger partial charge on any atom is -0.497 e. The Labute approximate surface area is 302 Å². The second-order valence-corrected chi connectivity index (χ2v) is 12.7. The highest BCUT2D eigenvalue weighted by Gasteiger charge is 2.70. The molecule has 0 saturated heterocycles. The van der Waals surface area contributed by atoms with Gasteiger partial charge in [0.15, 0.2) is 0 Å². The standard InChI is InChI=1S/C44H32N4O4/c1-49-32-13-5-26(6-14-32)37-21-36(29(22-45)23-46)42-41-38(27-7-15-33(50-2)16-8-27)39(28-9-17-34(51-3)18-10-28)43(40(41)30(24-47)25-48)44(37,42)31-11-19-35(52-4)20-12-31/h5-21,41-43H,1-4H3/t41-,42-,43+,44-/m1/s1. The molecule has 4 aromatic carbocycles. The zero-order valence-corrected chi connectivity index (χ0v) is 29.0. The zero-order chi connectivity index (χ0) is 36.6. The third-order valence-corrected chi connectivity index (χ3v) is 10.7. The molecule has 8 nitrogen and oxygen atoms in total. The lowest BCUT2D eigenvalue weighted by Gasteiger charge is -2.44. The van der Waals surface area contributed by atoms with Gasteiger partial charge in [0.05, 0.1) is 28.4 Å². The second-order valence-electron chi connectivity index (χ2n) is 12.7. The number of nitriles is 4. The van der Waals surface area contributed by atoms with E-state index in [0.29, 0.717) is 34.1 Å². The molecule has 0 N–H and O–H groups in total. The Morgan fingerprint density at radius 2 is 0.923 bits per heavy atom. The largest absolute Gasteiger partial charge is 0.497 e. The SMILES string of the molecule is COc1ccc(C2=CC(=C(C#N)C#N)[C@@H]3[C@@H]4C(c5ccc(OC)cc5)=C(c5ccc(OC)cc5)[C@@H](C4=C(C#N)C#N)[C@]23c2ccc(OC)cc2)cc1. The van der Waals surface area contributed by atoms with Crippen LogP contribution in [0.25, 0.3) is 16.7 Å². The van der Waals surface area contributed by atoms with Gasteiger partial charge in [0.25, 0.3) is 0 Å². The van der Waals surface area contributed by atoms with E-state index in [1.807, 2.05) is 103 Å². The van der Waals surface area contributed by atoms with E-state index in [0.717, 1.165) is 39.0 Å². The van der Waals surface area contributed by atoms with Crippen LogP contribution < -0.4 is 18.9 Å². The molecule has 0 unspecified atom stereocenters. The molecule has 4 aromatic rings. The van der Waals surface area contributed by atoms with E-state index in [2.05, 4.69) is 24.3 Å². The Hall–Kier alpha value is -7.00. The number of nitrogens with zero attached hydrogens (tertiary/aromatic N) is 4. The van der Waals surface area contributed by atoms with Gasteiger partial charge in [0, 0.05) is 23.2 Å². The van der Waals surface area contributed by atoms with Crippen molar-refractivity contribution >= 4 is 16.7 Å². The van der Waals surface area contributed by atoms with Crippen molar-refractivity contribution in [1.29, 1.82) is 21.0 Å². The summed E-state index contributed by atoms with van der Waals surface area (Å²) in [6.07, 6.45) is 1.98. The molecule has 0 spiro atoms. The van der Waals surface area contributed by atoms with E-state index in [1.165, 1.54) is 0 Å². The first kappa shape index (κ1) is 33.5. The maximum Gasteiger partial charge on any atom is 0.133 e. The summed E-state index contributed by atoms with van der Waals surface area (Å²) in [6, 6.07) is 39.9. The number of hydrogen-bond donors (Lipinski definition) is 0. The molecule has 3 aliphatic carbocycles. The third kappa shape index (κ3) is 4.85. The van der Waals surface area contributed by atoms with E-state index >= 15 is 0 Å². The highest BCUT2D eigenvalue weighted by molar-refractivity contribution is 6.06. The summed E-state index contributed by atoms with van der Waals surface area (Å²) >= 11 is 0. The van der Waals surface area contributed by atoms with Gasteiger partial charge < -0.3 is 18.9 Å². The van der Waals surface area contributed by atoms with Gasteiger partial charge in [-0.1, -0.05) is 54.6 Å². The van der Waals surface area contributed by atoms with Crippen LogP contribution in [-0.2, 0) is 5.41 Å². The van der Waals surface area contributed by atoms with Crippen LogP contribution in [0.1, 0.15) is 22.3 Å². The van der Waals surface area contributed by atoms with Gasteiger partial charge in [-0.05, 0) is 98.7 Å². The number of fused-ring (bicyclic) bond motifs is 5. The maximum atomic E-state index is 10.7. The molecule has 0 heterocycles. The summed E-state index contributed by atoms with van der Waals surface area (Å²) in [4.78, 5) is 0. The minimum absolute atomic E-state index is 0.00991. The fourth-order valence-electron chi connectivity index (χ4n) is 8.68. The van der Waals surface area contributed by atoms with E-state index in [9.17, 15) is 21.0 Å². The second kappa shape index (κ2) is 13.4. The van der Waals surface area contributed by atoms with Crippen molar-refractivity contribution < 1.29 is 18.9 Å². The first-order valence-corrected chi connectivity index (χ1v) is 16.6. The average Bonchev–Trinajstić information content (AvgIpc) is 3.83. The van der Waals surface area contributed by atoms with Gasteiger partial charge in [-0.25, -0.2) is 0 Å². The van der Waals surface area contributed by atoms with Gasteiger partial charge in [0.1, 0.15) is 58.4 Å². The minimum atomic E-state index is -0.973. The number of ether oxygens (including phenoxy) is 4. The Bertz CT molecular complexity index is 2340. The van der Waals surface area contributed by atoms with Gasteiger partial charge >= 0.3 is 0 Å². The quantitative estimate of drug-likeness (QED) is 0.170. The molecular formula is C44H32N4O4.